The molecule has 7 atom stereocenters. The van der Waals surface area contributed by atoms with E-state index in [1.165, 1.54) is 12.1 Å². The molecule has 1 saturated heterocycles. The van der Waals surface area contributed by atoms with Crippen LogP contribution in [-0.2, 0) is 44.8 Å². The molecule has 3 aromatic rings. The van der Waals surface area contributed by atoms with Crippen molar-refractivity contribution < 1.29 is 47.9 Å². The van der Waals surface area contributed by atoms with Gasteiger partial charge in [0.25, 0.3) is 5.91 Å². The summed E-state index contributed by atoms with van der Waals surface area (Å²) in [6.45, 7) is 6.32. The SMILES string of the molecule is CC(C)C[C@@H]1NC(=O)CNC(=O)[C@H](CCN)NC(=O)[C@H](Cc2ccccc2)NC(=O)[C@@H](CC(C)C)NC(=O)[C@H](CCN)NC(=O)[C@@H](NC(=O)[C@@H](CCN)NC(=O)c2ccc(Oc3ccccc3)cc2)CCNC1=O. The molecule has 1 heterocycles. The van der Waals surface area contributed by atoms with Gasteiger partial charge in [0.05, 0.1) is 6.54 Å². The van der Waals surface area contributed by atoms with Crippen LogP contribution in [0.2, 0.25) is 0 Å². The number of hydrogen-bond donors (Lipinski definition) is 12. The van der Waals surface area contributed by atoms with E-state index in [0.29, 0.717) is 17.1 Å². The van der Waals surface area contributed by atoms with Gasteiger partial charge in [0.15, 0.2) is 0 Å². The van der Waals surface area contributed by atoms with Gasteiger partial charge in [-0.2, -0.15) is 0 Å². The first-order chi connectivity index (χ1) is 35.4. The fourth-order valence-corrected chi connectivity index (χ4v) is 7.94. The highest BCUT2D eigenvalue weighted by Gasteiger charge is 2.34. The maximum atomic E-state index is 14.4. The first kappa shape index (κ1) is 59.1. The third kappa shape index (κ3) is 19.9. The Morgan fingerprint density at radius 2 is 1.08 bits per heavy atom. The zero-order valence-electron chi connectivity index (χ0n) is 42.6. The van der Waals surface area contributed by atoms with Crippen LogP contribution in [0, 0.1) is 11.8 Å². The lowest BCUT2D eigenvalue weighted by atomic mass is 10.00. The summed E-state index contributed by atoms with van der Waals surface area (Å²) in [5.41, 5.74) is 18.5. The highest BCUT2D eigenvalue weighted by Crippen LogP contribution is 2.21. The predicted octanol–water partition coefficient (Wildman–Crippen LogP) is -0.497. The molecule has 0 saturated carbocycles. The second-order valence-electron chi connectivity index (χ2n) is 18.9. The average molecular weight is 1030 g/mol. The summed E-state index contributed by atoms with van der Waals surface area (Å²) in [7, 11) is 0. The molecule has 22 heteroatoms. The van der Waals surface area contributed by atoms with E-state index >= 15 is 0 Å². The molecule has 1 aliphatic heterocycles. The van der Waals surface area contributed by atoms with Crippen molar-refractivity contribution in [2.24, 2.45) is 29.0 Å². The second-order valence-corrected chi connectivity index (χ2v) is 18.9. The number of nitrogens with two attached hydrogens (primary N) is 3. The Balaban J connectivity index is 1.67. The van der Waals surface area contributed by atoms with Gasteiger partial charge in [0.2, 0.25) is 47.3 Å². The van der Waals surface area contributed by atoms with Gasteiger partial charge in [-0.1, -0.05) is 76.2 Å². The van der Waals surface area contributed by atoms with Crippen LogP contribution in [0.4, 0.5) is 0 Å². The van der Waals surface area contributed by atoms with Gasteiger partial charge in [-0.15, -0.1) is 0 Å². The van der Waals surface area contributed by atoms with Gasteiger partial charge in [0, 0.05) is 18.5 Å². The Labute approximate surface area is 431 Å². The summed E-state index contributed by atoms with van der Waals surface area (Å²) in [6, 6.07) is 15.1. The standard InChI is InChI=1S/C52H74N12O10/c1-31(2)27-41-47(68)56-26-22-40(62-48(69)38(20-24-54)59-45(66)34-15-17-36(18-16-34)74-35-13-9-6-10-14-35)50(71)61-39(21-25-55)49(70)63-42(28-32(3)4)51(72)64-43(29-33-11-7-5-8-12-33)52(73)60-37(19-23-53)46(67)57-30-44(65)58-41/h5-18,31-32,37-43H,19-30,53-55H2,1-4H3,(H,56,68)(H,57,67)(H,58,65)(H,59,66)(H,60,73)(H,61,71)(H,62,69)(H,63,70)(H,64,72)/t37-,38+,39-,40-,41-,42+,43-/m0/s1. The highest BCUT2D eigenvalue weighted by atomic mass is 16.5. The molecule has 0 bridgehead atoms. The third-order valence-corrected chi connectivity index (χ3v) is 11.8. The van der Waals surface area contributed by atoms with Crippen molar-refractivity contribution >= 4 is 53.2 Å². The van der Waals surface area contributed by atoms with Crippen molar-refractivity contribution in [2.75, 3.05) is 32.7 Å². The molecule has 402 valence electrons. The molecule has 74 heavy (non-hydrogen) atoms. The molecule has 0 radical (unpaired) electrons. The maximum Gasteiger partial charge on any atom is 0.251 e. The van der Waals surface area contributed by atoms with Gasteiger partial charge in [0.1, 0.15) is 53.8 Å². The van der Waals surface area contributed by atoms with Gasteiger partial charge in [-0.3, -0.25) is 43.2 Å². The minimum atomic E-state index is -1.45. The van der Waals surface area contributed by atoms with E-state index in [9.17, 15) is 43.2 Å². The van der Waals surface area contributed by atoms with Crippen molar-refractivity contribution in [3.8, 4) is 11.5 Å². The van der Waals surface area contributed by atoms with Crippen LogP contribution >= 0.6 is 0 Å². The molecule has 0 aromatic heterocycles. The van der Waals surface area contributed by atoms with Crippen molar-refractivity contribution in [1.82, 2.24) is 47.9 Å². The Morgan fingerprint density at radius 3 is 1.68 bits per heavy atom. The van der Waals surface area contributed by atoms with Gasteiger partial charge < -0.3 is 69.8 Å². The number of para-hydroxylation sites is 1. The van der Waals surface area contributed by atoms with E-state index in [-0.39, 0.29) is 88.5 Å². The molecule has 4 rings (SSSR count). The van der Waals surface area contributed by atoms with Crippen LogP contribution in [0.15, 0.2) is 84.9 Å². The number of rotatable bonds is 18. The molecule has 1 aliphatic rings. The number of amides is 9. The number of ether oxygens (including phenoxy) is 1. The van der Waals surface area contributed by atoms with Crippen LogP contribution in [0.5, 0.6) is 11.5 Å². The zero-order valence-corrected chi connectivity index (χ0v) is 42.6. The second kappa shape index (κ2) is 30.6. The van der Waals surface area contributed by atoms with E-state index < -0.39 is 102 Å². The van der Waals surface area contributed by atoms with Gasteiger partial charge >= 0.3 is 0 Å². The van der Waals surface area contributed by atoms with E-state index in [2.05, 4.69) is 47.9 Å². The predicted molar refractivity (Wildman–Crippen MR) is 277 cm³/mol. The summed E-state index contributed by atoms with van der Waals surface area (Å²) < 4.78 is 5.83. The molecule has 22 nitrogen and oxygen atoms in total. The molecule has 1 fully saturated rings. The number of carbonyl (C=O) groups is 9. The molecule has 0 unspecified atom stereocenters. The number of carbonyl (C=O) groups excluding carboxylic acids is 9. The monoisotopic (exact) mass is 1030 g/mol. The van der Waals surface area contributed by atoms with Crippen molar-refractivity contribution in [3.05, 3.63) is 96.1 Å². The molecular formula is C52H74N12O10. The molecule has 3 aromatic carbocycles. The Hall–Kier alpha value is -7.43. The smallest absolute Gasteiger partial charge is 0.251 e. The van der Waals surface area contributed by atoms with Crippen LogP contribution < -0.4 is 69.8 Å². The van der Waals surface area contributed by atoms with E-state index in [4.69, 9.17) is 21.9 Å². The number of benzene rings is 3. The van der Waals surface area contributed by atoms with Crippen LogP contribution in [0.1, 0.15) is 82.1 Å². The Bertz CT molecular complexity index is 2340. The molecular weight excluding hydrogens is 953 g/mol. The van der Waals surface area contributed by atoms with Crippen LogP contribution in [0.25, 0.3) is 0 Å². The minimum absolute atomic E-state index is 0.0219. The number of hydrogen-bond acceptors (Lipinski definition) is 13. The van der Waals surface area contributed by atoms with E-state index in [0.717, 1.165) is 0 Å². The Kier molecular flexibility index (Phi) is 24.4. The normalized spacial score (nSPS) is 21.4. The average Bonchev–Trinajstić information content (AvgIpc) is 3.36. The molecule has 9 amide bonds. The molecule has 0 spiro atoms. The topological polar surface area (TPSA) is 349 Å². The van der Waals surface area contributed by atoms with E-state index in [1.807, 2.05) is 45.9 Å². The molecule has 15 N–H and O–H groups in total. The fourth-order valence-electron chi connectivity index (χ4n) is 7.94. The summed E-state index contributed by atoms with van der Waals surface area (Å²) >= 11 is 0. The lowest BCUT2D eigenvalue weighted by molar-refractivity contribution is -0.135. The first-order valence-electron chi connectivity index (χ1n) is 25.1. The lowest BCUT2D eigenvalue weighted by Gasteiger charge is -2.28. The third-order valence-electron chi connectivity index (χ3n) is 11.8. The van der Waals surface area contributed by atoms with Crippen molar-refractivity contribution in [2.45, 2.75) is 115 Å². The summed E-state index contributed by atoms with van der Waals surface area (Å²) in [4.78, 5) is 125. The largest absolute Gasteiger partial charge is 0.457 e. The van der Waals surface area contributed by atoms with Crippen LogP contribution in [-0.4, -0.2) is 128 Å². The van der Waals surface area contributed by atoms with Gasteiger partial charge in [-0.25, -0.2) is 0 Å². The lowest BCUT2D eigenvalue weighted by Crippen LogP contribution is -2.60. The quantitative estimate of drug-likeness (QED) is 0.0766. The van der Waals surface area contributed by atoms with Crippen LogP contribution in [0.3, 0.4) is 0 Å². The zero-order chi connectivity index (χ0) is 54.2. The molecule has 0 aliphatic carbocycles. The highest BCUT2D eigenvalue weighted by molar-refractivity contribution is 6.00. The van der Waals surface area contributed by atoms with E-state index in [1.54, 1.807) is 54.6 Å². The fraction of sp³-hybridized carbons (Fsp3) is 0.481. The number of nitrogens with one attached hydrogen (secondary N) is 9. The van der Waals surface area contributed by atoms with Crippen molar-refractivity contribution in [1.29, 1.82) is 0 Å². The summed E-state index contributed by atoms with van der Waals surface area (Å²) in [5, 5.41) is 24.0. The minimum Gasteiger partial charge on any atom is -0.457 e. The van der Waals surface area contributed by atoms with Crippen molar-refractivity contribution in [3.63, 3.8) is 0 Å². The summed E-state index contributed by atoms with van der Waals surface area (Å²) in [5.74, 6) is -5.91. The Morgan fingerprint density at radius 1 is 0.581 bits per heavy atom. The van der Waals surface area contributed by atoms with Gasteiger partial charge in [-0.05, 0) is 112 Å². The maximum absolute atomic E-state index is 14.4. The first-order valence-corrected chi connectivity index (χ1v) is 25.1. The summed E-state index contributed by atoms with van der Waals surface area (Å²) in [6.07, 6.45) is -0.212.